The number of carbonyl (C=O) groups excluding carboxylic acids is 3. The Morgan fingerprint density at radius 1 is 1.10 bits per heavy atom. The van der Waals surface area contributed by atoms with Gasteiger partial charge < -0.3 is 20.7 Å². The minimum absolute atomic E-state index is 0.0283. The van der Waals surface area contributed by atoms with Crippen molar-refractivity contribution in [1.29, 1.82) is 0 Å². The van der Waals surface area contributed by atoms with Crippen LogP contribution in [0, 0.1) is 6.92 Å². The van der Waals surface area contributed by atoms with Crippen LogP contribution in [0.4, 0.5) is 5.69 Å². The number of nitrogens with one attached hydrogen (secondary N) is 1. The lowest BCUT2D eigenvalue weighted by Crippen LogP contribution is -2.38. The number of hydrogen-bond acceptors (Lipinski definition) is 7. The number of methoxy groups -OCH3 is 1. The third kappa shape index (κ3) is 5.39. The van der Waals surface area contributed by atoms with Crippen molar-refractivity contribution in [2.45, 2.75) is 25.7 Å². The van der Waals surface area contributed by atoms with E-state index in [1.165, 1.54) is 30.6 Å². The van der Waals surface area contributed by atoms with Gasteiger partial charge in [-0.15, -0.1) is 11.3 Å². The lowest BCUT2D eigenvalue weighted by molar-refractivity contribution is 0.0712. The standard InChI is InChI=1S/C28H28N6O4S/c1-17-21(15-30-34(17)20-6-4-3-5-7-20)28(37)33-12-10-18(11-13-33)27-32-23(16-39-27)26(36)31-22-14-19(25(29)35)8-9-24(22)38-2/h3-9,14-16,18H,10-13H2,1-2H3,(H2,29,35)(H,31,36). The van der Waals surface area contributed by atoms with Gasteiger partial charge in [-0.3, -0.25) is 14.4 Å². The predicted molar refractivity (Wildman–Crippen MR) is 148 cm³/mol. The van der Waals surface area contributed by atoms with Gasteiger partial charge in [0.25, 0.3) is 11.8 Å². The molecule has 3 N–H and O–H groups in total. The molecule has 11 heteroatoms. The molecule has 3 amide bonds. The molecule has 10 nitrogen and oxygen atoms in total. The highest BCUT2D eigenvalue weighted by Gasteiger charge is 2.29. The van der Waals surface area contributed by atoms with Gasteiger partial charge in [-0.2, -0.15) is 5.10 Å². The molecule has 0 unspecified atom stereocenters. The fraction of sp³-hybridized carbons (Fsp3) is 0.250. The zero-order chi connectivity index (χ0) is 27.5. The van der Waals surface area contributed by atoms with Crippen LogP contribution >= 0.6 is 11.3 Å². The molecule has 0 bridgehead atoms. The number of thiazole rings is 1. The summed E-state index contributed by atoms with van der Waals surface area (Å²) in [6.07, 6.45) is 3.14. The van der Waals surface area contributed by atoms with Crippen molar-refractivity contribution >= 4 is 34.7 Å². The van der Waals surface area contributed by atoms with Crippen molar-refractivity contribution in [2.75, 3.05) is 25.5 Å². The van der Waals surface area contributed by atoms with Crippen molar-refractivity contribution in [3.8, 4) is 11.4 Å². The summed E-state index contributed by atoms with van der Waals surface area (Å²) >= 11 is 1.43. The molecular weight excluding hydrogens is 516 g/mol. The van der Waals surface area contributed by atoms with E-state index in [1.54, 1.807) is 22.3 Å². The van der Waals surface area contributed by atoms with E-state index in [-0.39, 0.29) is 23.1 Å². The number of piperidine rings is 1. The molecule has 1 saturated heterocycles. The second-order valence-electron chi connectivity index (χ2n) is 9.26. The number of nitrogens with two attached hydrogens (primary N) is 1. The van der Waals surface area contributed by atoms with E-state index in [1.807, 2.05) is 42.2 Å². The highest BCUT2D eigenvalue weighted by molar-refractivity contribution is 7.10. The number of ether oxygens (including phenoxy) is 1. The molecule has 3 heterocycles. The van der Waals surface area contributed by atoms with Gasteiger partial charge in [0.2, 0.25) is 5.91 Å². The molecule has 1 aliphatic heterocycles. The Labute approximate surface area is 229 Å². The van der Waals surface area contributed by atoms with Crippen LogP contribution in [-0.2, 0) is 0 Å². The number of primary amides is 1. The number of likely N-dealkylation sites (tertiary alicyclic amines) is 1. The average molecular weight is 545 g/mol. The maximum atomic E-state index is 13.3. The molecule has 2 aromatic heterocycles. The number of hydrogen-bond donors (Lipinski definition) is 2. The molecule has 39 heavy (non-hydrogen) atoms. The normalized spacial score (nSPS) is 13.7. The molecule has 1 aliphatic rings. The largest absolute Gasteiger partial charge is 0.495 e. The van der Waals surface area contributed by atoms with Gasteiger partial charge in [-0.25, -0.2) is 9.67 Å². The number of aromatic nitrogens is 3. The summed E-state index contributed by atoms with van der Waals surface area (Å²) in [6.45, 7) is 3.09. The second-order valence-corrected chi connectivity index (χ2v) is 10.2. The van der Waals surface area contributed by atoms with Gasteiger partial charge >= 0.3 is 0 Å². The Kier molecular flexibility index (Phi) is 7.42. The van der Waals surface area contributed by atoms with E-state index >= 15 is 0 Å². The van der Waals surface area contributed by atoms with E-state index in [2.05, 4.69) is 15.4 Å². The molecule has 0 atom stereocenters. The fourth-order valence-electron chi connectivity index (χ4n) is 4.67. The van der Waals surface area contributed by atoms with Crippen LogP contribution in [-0.4, -0.2) is 57.6 Å². The molecule has 5 rings (SSSR count). The maximum absolute atomic E-state index is 13.3. The lowest BCUT2D eigenvalue weighted by atomic mass is 9.97. The minimum Gasteiger partial charge on any atom is -0.495 e. The lowest BCUT2D eigenvalue weighted by Gasteiger charge is -2.31. The Morgan fingerprint density at radius 3 is 2.54 bits per heavy atom. The number of benzene rings is 2. The van der Waals surface area contributed by atoms with Crippen LogP contribution in [0.15, 0.2) is 60.1 Å². The van der Waals surface area contributed by atoms with Gasteiger partial charge in [-0.1, -0.05) is 18.2 Å². The molecule has 200 valence electrons. The first-order valence-corrected chi connectivity index (χ1v) is 13.4. The number of nitrogens with zero attached hydrogens (tertiary/aromatic N) is 4. The summed E-state index contributed by atoms with van der Waals surface area (Å²) in [5.74, 6) is -0.476. The molecule has 2 aromatic carbocycles. The molecule has 0 aliphatic carbocycles. The Morgan fingerprint density at radius 2 is 1.85 bits per heavy atom. The SMILES string of the molecule is COc1ccc(C(N)=O)cc1NC(=O)c1csc(C2CCN(C(=O)c3cnn(-c4ccccc4)c3C)CC2)n1. The summed E-state index contributed by atoms with van der Waals surface area (Å²) < 4.78 is 7.07. The van der Waals surface area contributed by atoms with Crippen molar-refractivity contribution < 1.29 is 19.1 Å². The van der Waals surface area contributed by atoms with Gasteiger partial charge in [0.05, 0.1) is 40.9 Å². The Balaban J connectivity index is 1.22. The van der Waals surface area contributed by atoms with Gasteiger partial charge in [-0.05, 0) is 50.1 Å². The summed E-state index contributed by atoms with van der Waals surface area (Å²) in [4.78, 5) is 44.1. The number of para-hydroxylation sites is 1. The summed E-state index contributed by atoms with van der Waals surface area (Å²) in [5.41, 5.74) is 8.56. The third-order valence-electron chi connectivity index (χ3n) is 6.86. The highest BCUT2D eigenvalue weighted by atomic mass is 32.1. The van der Waals surface area contributed by atoms with Gasteiger partial charge in [0.15, 0.2) is 0 Å². The summed E-state index contributed by atoms with van der Waals surface area (Å²) in [7, 11) is 1.48. The highest BCUT2D eigenvalue weighted by Crippen LogP contribution is 2.32. The van der Waals surface area contributed by atoms with Crippen LogP contribution < -0.4 is 15.8 Å². The molecular formula is C28H28N6O4S. The number of amides is 3. The van der Waals surface area contributed by atoms with Crippen molar-refractivity contribution in [3.63, 3.8) is 0 Å². The van der Waals surface area contributed by atoms with E-state index in [0.717, 1.165) is 29.2 Å². The van der Waals surface area contributed by atoms with E-state index < -0.39 is 11.8 Å². The number of rotatable bonds is 7. The molecule has 0 spiro atoms. The van der Waals surface area contributed by atoms with Crippen LogP contribution in [0.25, 0.3) is 5.69 Å². The van der Waals surface area contributed by atoms with Crippen LogP contribution in [0.1, 0.15) is 60.7 Å². The average Bonchev–Trinajstić information content (AvgIpc) is 3.60. The fourth-order valence-corrected chi connectivity index (χ4v) is 5.64. The maximum Gasteiger partial charge on any atom is 0.275 e. The quantitative estimate of drug-likeness (QED) is 0.361. The zero-order valence-corrected chi connectivity index (χ0v) is 22.4. The summed E-state index contributed by atoms with van der Waals surface area (Å²) in [6, 6.07) is 14.3. The zero-order valence-electron chi connectivity index (χ0n) is 21.6. The molecule has 0 radical (unpaired) electrons. The smallest absolute Gasteiger partial charge is 0.275 e. The Hall–Kier alpha value is -4.51. The first-order valence-electron chi connectivity index (χ1n) is 12.5. The van der Waals surface area contributed by atoms with Crippen LogP contribution in [0.5, 0.6) is 5.75 Å². The molecule has 4 aromatic rings. The van der Waals surface area contributed by atoms with Crippen LogP contribution in [0.2, 0.25) is 0 Å². The van der Waals surface area contributed by atoms with E-state index in [0.29, 0.717) is 30.1 Å². The topological polar surface area (TPSA) is 132 Å². The predicted octanol–water partition coefficient (Wildman–Crippen LogP) is 4.02. The first-order chi connectivity index (χ1) is 18.9. The van der Waals surface area contributed by atoms with Crippen molar-refractivity contribution in [3.05, 3.63) is 87.6 Å². The molecule has 0 saturated carbocycles. The van der Waals surface area contributed by atoms with Gasteiger partial charge in [0.1, 0.15) is 11.4 Å². The first kappa shape index (κ1) is 26.1. The minimum atomic E-state index is -0.603. The molecule has 1 fully saturated rings. The van der Waals surface area contributed by atoms with Crippen LogP contribution in [0.3, 0.4) is 0 Å². The third-order valence-corrected chi connectivity index (χ3v) is 7.87. The van der Waals surface area contributed by atoms with Crippen molar-refractivity contribution in [1.82, 2.24) is 19.7 Å². The van der Waals surface area contributed by atoms with Gasteiger partial charge in [0, 0.05) is 30.0 Å². The second kappa shape index (κ2) is 11.1. The van der Waals surface area contributed by atoms with Crippen molar-refractivity contribution in [2.24, 2.45) is 5.73 Å². The monoisotopic (exact) mass is 544 g/mol. The van der Waals surface area contributed by atoms with E-state index in [4.69, 9.17) is 10.5 Å². The number of anilines is 1. The Bertz CT molecular complexity index is 1520. The number of carbonyl (C=O) groups is 3. The summed E-state index contributed by atoms with van der Waals surface area (Å²) in [5, 5.41) is 9.77. The van der Waals surface area contributed by atoms with E-state index in [9.17, 15) is 14.4 Å².